The number of hydrogen-bond acceptors (Lipinski definition) is 21. The lowest BCUT2D eigenvalue weighted by atomic mass is 9.33. The van der Waals surface area contributed by atoms with Crippen LogP contribution in [0.3, 0.4) is 0 Å². The van der Waals surface area contributed by atoms with E-state index < -0.39 is 171 Å². The molecule has 2 unspecified atom stereocenters. The third kappa shape index (κ3) is 9.16. The van der Waals surface area contributed by atoms with Crippen molar-refractivity contribution in [3.63, 3.8) is 0 Å². The highest BCUT2D eigenvalue weighted by Crippen LogP contribution is 2.76. The number of allylic oxidation sites excluding steroid dienone is 2. The first-order valence-corrected chi connectivity index (χ1v) is 26.7. The van der Waals surface area contributed by atoms with E-state index in [2.05, 4.69) is 54.5 Å². The maximum Gasteiger partial charge on any atom is 0.312 e. The van der Waals surface area contributed by atoms with Crippen LogP contribution in [0.25, 0.3) is 0 Å². The van der Waals surface area contributed by atoms with Gasteiger partial charge in [-0.1, -0.05) is 60.1 Å². The summed E-state index contributed by atoms with van der Waals surface area (Å²) in [6.45, 7) is 13.4. The number of carboxylic acid groups (broad SMARTS) is 1. The van der Waals surface area contributed by atoms with Gasteiger partial charge in [0.2, 0.25) is 0 Å². The molecule has 4 saturated carbocycles. The van der Waals surface area contributed by atoms with Crippen molar-refractivity contribution in [1.29, 1.82) is 0 Å². The summed E-state index contributed by atoms with van der Waals surface area (Å²) in [5.41, 5.74) is -1.78. The van der Waals surface area contributed by atoms with Crippen LogP contribution in [0.4, 0.5) is 0 Å². The van der Waals surface area contributed by atoms with Gasteiger partial charge in [0.05, 0.1) is 38.6 Å². The zero-order valence-electron chi connectivity index (χ0n) is 43.5. The maximum atomic E-state index is 13.3. The molecule has 0 aromatic carbocycles. The van der Waals surface area contributed by atoms with Crippen molar-refractivity contribution in [3.8, 4) is 0 Å². The Kier molecular flexibility index (Phi) is 15.8. The zero-order valence-corrected chi connectivity index (χ0v) is 43.5. The molecule has 0 amide bonds. The Balaban J connectivity index is 0.971. The predicted molar refractivity (Wildman–Crippen MR) is 253 cm³/mol. The van der Waals surface area contributed by atoms with Crippen molar-refractivity contribution >= 4 is 5.97 Å². The zero-order chi connectivity index (χ0) is 54.0. The minimum Gasteiger partial charge on any atom is -0.481 e. The van der Waals surface area contributed by atoms with Crippen LogP contribution >= 0.6 is 0 Å². The lowest BCUT2D eigenvalue weighted by Crippen LogP contribution is -2.68. The van der Waals surface area contributed by atoms with Gasteiger partial charge in [0, 0.05) is 0 Å². The summed E-state index contributed by atoms with van der Waals surface area (Å²) in [4.78, 5) is 13.3. The summed E-state index contributed by atoms with van der Waals surface area (Å²) >= 11 is 0. The van der Waals surface area contributed by atoms with Crippen molar-refractivity contribution < 1.29 is 109 Å². The van der Waals surface area contributed by atoms with Crippen LogP contribution in [0.2, 0.25) is 0 Å². The van der Waals surface area contributed by atoms with Crippen LogP contribution < -0.4 is 0 Å². The molecule has 22 heteroatoms. The normalized spacial score (nSPS) is 54.1. The molecule has 74 heavy (non-hydrogen) atoms. The van der Waals surface area contributed by atoms with Crippen molar-refractivity contribution in [2.24, 2.45) is 50.2 Å². The number of aliphatic hydroxyl groups excluding tert-OH is 12. The molecule has 9 rings (SSSR count). The summed E-state index contributed by atoms with van der Waals surface area (Å²) in [7, 11) is 0. The molecule has 9 aliphatic rings. The fraction of sp³-hybridized carbons (Fsp3) is 0.942. The Hall–Kier alpha value is -1.59. The first-order chi connectivity index (χ1) is 34.6. The van der Waals surface area contributed by atoms with E-state index in [0.29, 0.717) is 32.1 Å². The Morgan fingerprint density at radius 3 is 1.91 bits per heavy atom. The second-order valence-corrected chi connectivity index (χ2v) is 25.5. The largest absolute Gasteiger partial charge is 0.481 e. The van der Waals surface area contributed by atoms with Crippen LogP contribution in [0, 0.1) is 50.2 Å². The molecule has 0 bridgehead atoms. The molecule has 0 aromatic heterocycles. The molecule has 13 N–H and O–H groups in total. The van der Waals surface area contributed by atoms with E-state index in [4.69, 9.17) is 37.9 Å². The SMILES string of the molecule is CC1(C)CC[C@]2(C(=O)O)[C@H](O)C[C@]3(C)C(=CCC4[C@@]5(C)CC[C@H](O[C@@H]6O[C@H](CO[C@@H]7OC[C@H](O)[C@H](O)[C@H]7O[C@@H]7OC[C@H](O)[C@H](O)[C@H]7O)[C@@H](O)[C@H](O)[C@H]6O[C@@H]6O[C@H](CO)[C@@H](O)[C@H](O)[C@H]6O)C(C)(C)C5CC[C@]43C)[C@@H]2C1. The van der Waals surface area contributed by atoms with Crippen LogP contribution in [0.15, 0.2) is 11.6 Å². The number of aliphatic carboxylic acids is 1. The number of rotatable bonds is 11. The van der Waals surface area contributed by atoms with E-state index in [-0.39, 0.29) is 34.0 Å². The average molecular weight is 1060 g/mol. The van der Waals surface area contributed by atoms with Crippen molar-refractivity contribution in [2.75, 3.05) is 26.4 Å². The van der Waals surface area contributed by atoms with E-state index in [1.807, 2.05) is 0 Å². The average Bonchev–Trinajstić information content (AvgIpc) is 3.34. The molecule has 0 radical (unpaired) electrons. The fourth-order valence-electron chi connectivity index (χ4n) is 16.0. The molecule has 27 atom stereocenters. The van der Waals surface area contributed by atoms with Gasteiger partial charge in [-0.25, -0.2) is 0 Å². The van der Waals surface area contributed by atoms with Crippen LogP contribution in [0.5, 0.6) is 0 Å². The second kappa shape index (κ2) is 20.5. The van der Waals surface area contributed by atoms with Crippen LogP contribution in [-0.4, -0.2) is 222 Å². The van der Waals surface area contributed by atoms with Crippen molar-refractivity contribution in [1.82, 2.24) is 0 Å². The predicted octanol–water partition coefficient (Wildman–Crippen LogP) is -1.22. The summed E-state index contributed by atoms with van der Waals surface area (Å²) < 4.78 is 48.1. The lowest BCUT2D eigenvalue weighted by molar-refractivity contribution is -0.384. The number of ether oxygens (including phenoxy) is 8. The Morgan fingerprint density at radius 2 is 1.23 bits per heavy atom. The summed E-state index contributed by atoms with van der Waals surface area (Å²) in [6.07, 6.45) is -23.1. The minimum absolute atomic E-state index is 0.0480. The summed E-state index contributed by atoms with van der Waals surface area (Å²) in [6, 6.07) is 0. The molecule has 22 nitrogen and oxygen atoms in total. The van der Waals surface area contributed by atoms with E-state index in [1.165, 1.54) is 5.57 Å². The number of fused-ring (bicyclic) bond motifs is 7. The Labute approximate surface area is 431 Å². The molecule has 4 heterocycles. The van der Waals surface area contributed by atoms with Gasteiger partial charge in [-0.15, -0.1) is 0 Å². The van der Waals surface area contributed by atoms with Gasteiger partial charge in [0.25, 0.3) is 0 Å². The van der Waals surface area contributed by atoms with Gasteiger partial charge in [-0.3, -0.25) is 4.79 Å². The molecule has 8 fully saturated rings. The molecule has 424 valence electrons. The lowest BCUT2D eigenvalue weighted by Gasteiger charge is -2.71. The van der Waals surface area contributed by atoms with E-state index in [9.17, 15) is 71.2 Å². The first-order valence-electron chi connectivity index (χ1n) is 26.7. The fourth-order valence-corrected chi connectivity index (χ4v) is 16.0. The van der Waals surface area contributed by atoms with Gasteiger partial charge >= 0.3 is 5.97 Å². The quantitative estimate of drug-likeness (QED) is 0.0852. The second-order valence-electron chi connectivity index (χ2n) is 25.5. The molecular weight excluding hydrogens is 977 g/mol. The monoisotopic (exact) mass is 1060 g/mol. The number of aliphatic hydroxyl groups is 12. The third-order valence-corrected chi connectivity index (χ3v) is 20.7. The number of carboxylic acids is 1. The maximum absolute atomic E-state index is 13.3. The molecule has 4 saturated heterocycles. The van der Waals surface area contributed by atoms with Gasteiger partial charge in [-0.05, 0) is 103 Å². The van der Waals surface area contributed by atoms with Crippen molar-refractivity contribution in [3.05, 3.63) is 11.6 Å². The van der Waals surface area contributed by atoms with Gasteiger partial charge in [-0.2, -0.15) is 0 Å². The highest BCUT2D eigenvalue weighted by atomic mass is 16.8. The van der Waals surface area contributed by atoms with Gasteiger partial charge in [0.15, 0.2) is 25.2 Å². The smallest absolute Gasteiger partial charge is 0.312 e. The van der Waals surface area contributed by atoms with E-state index >= 15 is 0 Å². The van der Waals surface area contributed by atoms with Crippen LogP contribution in [0.1, 0.15) is 106 Å². The Bertz CT molecular complexity index is 2040. The van der Waals surface area contributed by atoms with Gasteiger partial charge in [0.1, 0.15) is 90.9 Å². The van der Waals surface area contributed by atoms with Crippen LogP contribution in [-0.2, 0) is 42.7 Å². The number of hydrogen-bond donors (Lipinski definition) is 13. The molecular formula is C52H84O22. The topological polar surface area (TPSA) is 354 Å². The molecule has 0 spiro atoms. The standard InChI is InChI=1S/C52H84O22/c1-47(2)14-15-52(46(65)66)23(16-47)22-8-9-29-49(5)12-11-31(48(3,4)28(49)10-13-50(29,6)51(22,7)17-30(52)56)72-45-41(74-43-39(64)36(61)34(59)26(18-53)70-43)37(62)35(60)27(71-45)21-69-44-40(33(58)25(55)20-68-44)73-42-38(63)32(57)24(54)19-67-42/h8,23-45,53-64H,9-21H2,1-7H3,(H,65,66)/t23-,24-,25-,26+,27+,28?,29?,30+,31-,32-,33-,34+,35+,36-,37-,38+,39+,40+,41+,42-,43-,44-,45-,49-,50+,51+,52+/m0/s1. The minimum atomic E-state index is -1.89. The molecule has 5 aliphatic carbocycles. The third-order valence-electron chi connectivity index (χ3n) is 20.7. The first kappa shape index (κ1) is 57.1. The van der Waals surface area contributed by atoms with E-state index in [0.717, 1.165) is 25.7 Å². The molecule has 4 aliphatic heterocycles. The Morgan fingerprint density at radius 1 is 0.622 bits per heavy atom. The van der Waals surface area contributed by atoms with Gasteiger partial charge < -0.3 is 104 Å². The highest BCUT2D eigenvalue weighted by molar-refractivity contribution is 5.77. The van der Waals surface area contributed by atoms with E-state index in [1.54, 1.807) is 0 Å². The summed E-state index contributed by atoms with van der Waals surface area (Å²) in [5.74, 6) is -1.02. The van der Waals surface area contributed by atoms with Crippen molar-refractivity contribution in [2.45, 2.75) is 229 Å². The molecule has 0 aromatic rings. The highest BCUT2D eigenvalue weighted by Gasteiger charge is 2.72. The number of carbonyl (C=O) groups is 1. The summed E-state index contributed by atoms with van der Waals surface area (Å²) in [5, 5.41) is 141.